The first-order valence-electron chi connectivity index (χ1n) is 7.92. The van der Waals surface area contributed by atoms with Gasteiger partial charge in [0.25, 0.3) is 5.91 Å². The number of carbonyl (C=O) groups excluding carboxylic acids is 2. The molecule has 2 aromatic rings. The second-order valence-electron chi connectivity index (χ2n) is 5.82. The highest BCUT2D eigenvalue weighted by Gasteiger charge is 2.21. The molecule has 23 heavy (non-hydrogen) atoms. The normalized spacial score (nSPS) is 14.7. The number of anilines is 2. The number of amides is 2. The Morgan fingerprint density at radius 3 is 2.61 bits per heavy atom. The van der Waals surface area contributed by atoms with E-state index in [9.17, 15) is 9.59 Å². The molecule has 0 bridgehead atoms. The molecule has 0 unspecified atom stereocenters. The average molecular weight is 308 g/mol. The fourth-order valence-corrected chi connectivity index (χ4v) is 2.83. The van der Waals surface area contributed by atoms with E-state index >= 15 is 0 Å². The number of rotatable bonds is 3. The summed E-state index contributed by atoms with van der Waals surface area (Å²) in [5, 5.41) is 2.90. The number of hydrogen-bond donors (Lipinski definition) is 1. The Labute approximate surface area is 136 Å². The van der Waals surface area contributed by atoms with Crippen molar-refractivity contribution in [3.63, 3.8) is 0 Å². The molecule has 1 saturated heterocycles. The highest BCUT2D eigenvalue weighted by atomic mass is 16.2. The van der Waals surface area contributed by atoms with Gasteiger partial charge in [0.2, 0.25) is 5.91 Å². The van der Waals surface area contributed by atoms with Crippen molar-refractivity contribution in [3.05, 3.63) is 59.7 Å². The van der Waals surface area contributed by atoms with Crippen LogP contribution in [0.5, 0.6) is 0 Å². The maximum atomic E-state index is 12.3. The molecule has 0 aliphatic carbocycles. The Morgan fingerprint density at radius 2 is 1.87 bits per heavy atom. The Kier molecular flexibility index (Phi) is 4.42. The lowest BCUT2D eigenvalue weighted by atomic mass is 10.1. The number of benzene rings is 2. The van der Waals surface area contributed by atoms with Crippen molar-refractivity contribution >= 4 is 23.2 Å². The van der Waals surface area contributed by atoms with E-state index in [0.717, 1.165) is 30.6 Å². The fourth-order valence-electron chi connectivity index (χ4n) is 2.83. The fraction of sp³-hybridized carbons (Fsp3) is 0.263. The summed E-state index contributed by atoms with van der Waals surface area (Å²) < 4.78 is 0. The minimum Gasteiger partial charge on any atom is -0.322 e. The molecular weight excluding hydrogens is 288 g/mol. The van der Waals surface area contributed by atoms with Crippen LogP contribution >= 0.6 is 0 Å². The van der Waals surface area contributed by atoms with E-state index < -0.39 is 0 Å². The summed E-state index contributed by atoms with van der Waals surface area (Å²) in [4.78, 5) is 26.2. The number of carbonyl (C=O) groups is 2. The third kappa shape index (κ3) is 3.42. The Hall–Kier alpha value is -2.62. The summed E-state index contributed by atoms with van der Waals surface area (Å²) in [6, 6.07) is 14.8. The van der Waals surface area contributed by atoms with Gasteiger partial charge in [0.1, 0.15) is 0 Å². The van der Waals surface area contributed by atoms with Crippen LogP contribution in [-0.4, -0.2) is 18.4 Å². The molecule has 3 rings (SSSR count). The van der Waals surface area contributed by atoms with Gasteiger partial charge in [0, 0.05) is 29.9 Å². The SMILES string of the molecule is Cc1ccc(NC(=O)c2ccccc2)cc1N1CCCCC1=O. The van der Waals surface area contributed by atoms with E-state index in [1.165, 1.54) is 0 Å². The molecule has 1 fully saturated rings. The van der Waals surface area contributed by atoms with Crippen LogP contribution in [0.3, 0.4) is 0 Å². The van der Waals surface area contributed by atoms with Gasteiger partial charge < -0.3 is 10.2 Å². The summed E-state index contributed by atoms with van der Waals surface area (Å²) >= 11 is 0. The lowest BCUT2D eigenvalue weighted by Gasteiger charge is -2.28. The summed E-state index contributed by atoms with van der Waals surface area (Å²) in [7, 11) is 0. The van der Waals surface area contributed by atoms with Crippen LogP contribution in [0, 0.1) is 6.92 Å². The van der Waals surface area contributed by atoms with Crippen molar-refractivity contribution in [2.24, 2.45) is 0 Å². The average Bonchev–Trinajstić information content (AvgIpc) is 2.58. The van der Waals surface area contributed by atoms with Crippen LogP contribution in [0.25, 0.3) is 0 Å². The molecule has 4 heteroatoms. The Morgan fingerprint density at radius 1 is 1.09 bits per heavy atom. The predicted octanol–water partition coefficient (Wildman–Crippen LogP) is 3.76. The number of nitrogens with one attached hydrogen (secondary N) is 1. The molecule has 1 aliphatic heterocycles. The summed E-state index contributed by atoms with van der Waals surface area (Å²) in [6.45, 7) is 2.73. The zero-order valence-corrected chi connectivity index (χ0v) is 13.2. The minimum absolute atomic E-state index is 0.148. The third-order valence-corrected chi connectivity index (χ3v) is 4.12. The van der Waals surface area contributed by atoms with E-state index in [-0.39, 0.29) is 11.8 Å². The van der Waals surface area contributed by atoms with Crippen LogP contribution in [0.15, 0.2) is 48.5 Å². The van der Waals surface area contributed by atoms with Gasteiger partial charge in [0.05, 0.1) is 0 Å². The Bertz CT molecular complexity index is 725. The third-order valence-electron chi connectivity index (χ3n) is 4.12. The van der Waals surface area contributed by atoms with E-state index in [1.54, 1.807) is 12.1 Å². The van der Waals surface area contributed by atoms with Gasteiger partial charge in [-0.1, -0.05) is 24.3 Å². The van der Waals surface area contributed by atoms with Crippen LogP contribution in [0.1, 0.15) is 35.2 Å². The molecule has 1 heterocycles. The van der Waals surface area contributed by atoms with Gasteiger partial charge in [-0.05, 0) is 49.6 Å². The maximum absolute atomic E-state index is 12.3. The molecular formula is C19H20N2O2. The summed E-state index contributed by atoms with van der Waals surface area (Å²) in [5.74, 6) is 0.0104. The van der Waals surface area contributed by atoms with Gasteiger partial charge in [0.15, 0.2) is 0 Å². The molecule has 0 aromatic heterocycles. The summed E-state index contributed by atoms with van der Waals surface area (Å²) in [6.07, 6.45) is 2.57. The molecule has 0 atom stereocenters. The van der Waals surface area contributed by atoms with Gasteiger partial charge in [-0.25, -0.2) is 0 Å². The van der Waals surface area contributed by atoms with Crippen LogP contribution in [-0.2, 0) is 4.79 Å². The van der Waals surface area contributed by atoms with E-state index in [4.69, 9.17) is 0 Å². The first-order valence-corrected chi connectivity index (χ1v) is 7.92. The standard InChI is InChI=1S/C19H20N2O2/c1-14-10-11-16(20-19(23)15-7-3-2-4-8-15)13-17(14)21-12-6-5-9-18(21)22/h2-4,7-8,10-11,13H,5-6,9,12H2,1H3,(H,20,23). The van der Waals surface area contributed by atoms with Gasteiger partial charge >= 0.3 is 0 Å². The largest absolute Gasteiger partial charge is 0.322 e. The van der Waals surface area contributed by atoms with Gasteiger partial charge in [-0.15, -0.1) is 0 Å². The van der Waals surface area contributed by atoms with Crippen molar-refractivity contribution in [2.45, 2.75) is 26.2 Å². The first-order chi connectivity index (χ1) is 11.1. The molecule has 1 N–H and O–H groups in total. The topological polar surface area (TPSA) is 49.4 Å². The second kappa shape index (κ2) is 6.65. The molecule has 0 saturated carbocycles. The molecule has 1 aliphatic rings. The molecule has 4 nitrogen and oxygen atoms in total. The number of hydrogen-bond acceptors (Lipinski definition) is 2. The minimum atomic E-state index is -0.148. The van der Waals surface area contributed by atoms with Crippen molar-refractivity contribution in [3.8, 4) is 0 Å². The zero-order chi connectivity index (χ0) is 16.2. The van der Waals surface area contributed by atoms with Crippen LogP contribution in [0.2, 0.25) is 0 Å². The molecule has 0 spiro atoms. The Balaban J connectivity index is 1.83. The second-order valence-corrected chi connectivity index (χ2v) is 5.82. The zero-order valence-electron chi connectivity index (χ0n) is 13.2. The predicted molar refractivity (Wildman–Crippen MR) is 91.8 cm³/mol. The smallest absolute Gasteiger partial charge is 0.255 e. The lowest BCUT2D eigenvalue weighted by Crippen LogP contribution is -2.35. The maximum Gasteiger partial charge on any atom is 0.255 e. The summed E-state index contributed by atoms with van der Waals surface area (Å²) in [5.41, 5.74) is 3.25. The number of aryl methyl sites for hydroxylation is 1. The van der Waals surface area contributed by atoms with E-state index in [0.29, 0.717) is 17.7 Å². The highest BCUT2D eigenvalue weighted by Crippen LogP contribution is 2.28. The number of piperidine rings is 1. The quantitative estimate of drug-likeness (QED) is 0.938. The van der Waals surface area contributed by atoms with Crippen LogP contribution in [0.4, 0.5) is 11.4 Å². The van der Waals surface area contributed by atoms with E-state index in [2.05, 4.69) is 5.32 Å². The molecule has 2 aromatic carbocycles. The molecule has 118 valence electrons. The number of nitrogens with zero attached hydrogens (tertiary/aromatic N) is 1. The van der Waals surface area contributed by atoms with Crippen molar-refractivity contribution in [1.82, 2.24) is 0 Å². The monoisotopic (exact) mass is 308 g/mol. The first kappa shape index (κ1) is 15.3. The van der Waals surface area contributed by atoms with Crippen LogP contribution < -0.4 is 10.2 Å². The molecule has 2 amide bonds. The lowest BCUT2D eigenvalue weighted by molar-refractivity contribution is -0.119. The molecule has 0 radical (unpaired) electrons. The van der Waals surface area contributed by atoms with Crippen molar-refractivity contribution in [1.29, 1.82) is 0 Å². The van der Waals surface area contributed by atoms with E-state index in [1.807, 2.05) is 48.2 Å². The van der Waals surface area contributed by atoms with Gasteiger partial charge in [-0.2, -0.15) is 0 Å². The van der Waals surface area contributed by atoms with Gasteiger partial charge in [-0.3, -0.25) is 9.59 Å². The van der Waals surface area contributed by atoms with Crippen molar-refractivity contribution < 1.29 is 9.59 Å². The van der Waals surface area contributed by atoms with Crippen molar-refractivity contribution in [2.75, 3.05) is 16.8 Å². The highest BCUT2D eigenvalue weighted by molar-refractivity contribution is 6.05.